The zero-order chi connectivity index (χ0) is 20.2. The third-order valence-corrected chi connectivity index (χ3v) is 5.81. The summed E-state index contributed by atoms with van der Waals surface area (Å²) in [5, 5.41) is 3.11. The number of nitrogens with zero attached hydrogens (tertiary/aromatic N) is 1. The summed E-state index contributed by atoms with van der Waals surface area (Å²) in [6.07, 6.45) is 1.58. The number of amides is 1. The summed E-state index contributed by atoms with van der Waals surface area (Å²) in [7, 11) is 0. The molecule has 1 N–H and O–H groups in total. The van der Waals surface area contributed by atoms with Crippen LogP contribution in [0.3, 0.4) is 0 Å². The third kappa shape index (κ3) is 3.65. The third-order valence-electron chi connectivity index (χ3n) is 5.81. The van der Waals surface area contributed by atoms with Gasteiger partial charge in [0.2, 0.25) is 5.91 Å². The van der Waals surface area contributed by atoms with Crippen molar-refractivity contribution in [3.63, 3.8) is 0 Å². The molecular formula is C24H29FN2O. The molecule has 0 radical (unpaired) electrons. The van der Waals surface area contributed by atoms with Crippen molar-refractivity contribution in [1.29, 1.82) is 0 Å². The predicted molar refractivity (Wildman–Crippen MR) is 112 cm³/mol. The zero-order valence-electron chi connectivity index (χ0n) is 17.4. The van der Waals surface area contributed by atoms with Gasteiger partial charge in [0.05, 0.1) is 0 Å². The van der Waals surface area contributed by atoms with E-state index in [-0.39, 0.29) is 17.1 Å². The fraction of sp³-hybridized carbons (Fsp3) is 0.458. The number of hydrogen-bond donors (Lipinski definition) is 1. The van der Waals surface area contributed by atoms with Crippen molar-refractivity contribution < 1.29 is 9.18 Å². The van der Waals surface area contributed by atoms with Crippen molar-refractivity contribution in [2.24, 2.45) is 5.41 Å². The first-order valence-electron chi connectivity index (χ1n) is 10.1. The fourth-order valence-electron chi connectivity index (χ4n) is 4.47. The minimum Gasteiger partial charge on any atom is -0.364 e. The number of carbonyl (C=O) groups excluding carboxylic acids is 1. The van der Waals surface area contributed by atoms with Crippen molar-refractivity contribution in [2.75, 3.05) is 10.2 Å². The van der Waals surface area contributed by atoms with E-state index in [9.17, 15) is 9.18 Å². The molecule has 2 unspecified atom stereocenters. The summed E-state index contributed by atoms with van der Waals surface area (Å²) >= 11 is 0. The Morgan fingerprint density at radius 1 is 1.18 bits per heavy atom. The molecule has 1 amide bonds. The maximum atomic E-state index is 13.6. The Balaban J connectivity index is 1.57. The lowest BCUT2D eigenvalue weighted by Gasteiger charge is -2.31. The highest BCUT2D eigenvalue weighted by atomic mass is 19.1. The lowest BCUT2D eigenvalue weighted by molar-refractivity contribution is -0.117. The normalized spacial score (nSPS) is 20.4. The van der Waals surface area contributed by atoms with E-state index in [2.05, 4.69) is 57.0 Å². The number of hydrogen-bond acceptors (Lipinski definition) is 2. The van der Waals surface area contributed by atoms with Gasteiger partial charge >= 0.3 is 0 Å². The molecular weight excluding hydrogens is 351 g/mol. The van der Waals surface area contributed by atoms with E-state index in [4.69, 9.17) is 0 Å². The molecule has 28 heavy (non-hydrogen) atoms. The first-order valence-corrected chi connectivity index (χ1v) is 10.1. The molecule has 1 aliphatic carbocycles. The van der Waals surface area contributed by atoms with E-state index in [0.717, 1.165) is 29.8 Å². The topological polar surface area (TPSA) is 32.3 Å². The number of fused-ring (bicyclic) bond motifs is 3. The number of benzene rings is 2. The SMILES string of the molecule is Cc1cc(N2Cc3ccc(F)cc3C3CC32)cc(C)c1NC(=O)CC(C)(C)C. The monoisotopic (exact) mass is 380 g/mol. The summed E-state index contributed by atoms with van der Waals surface area (Å²) in [5.74, 6) is 0.355. The van der Waals surface area contributed by atoms with Crippen LogP contribution in [0.5, 0.6) is 0 Å². The van der Waals surface area contributed by atoms with Crippen LogP contribution < -0.4 is 10.2 Å². The molecule has 2 aliphatic rings. The Morgan fingerprint density at radius 2 is 1.86 bits per heavy atom. The highest BCUT2D eigenvalue weighted by molar-refractivity contribution is 5.93. The quantitative estimate of drug-likeness (QED) is 0.741. The Hall–Kier alpha value is -2.36. The van der Waals surface area contributed by atoms with Gasteiger partial charge in [0.25, 0.3) is 0 Å². The minimum atomic E-state index is -0.139. The molecule has 1 heterocycles. The number of anilines is 2. The van der Waals surface area contributed by atoms with Crippen LogP contribution in [0.2, 0.25) is 0 Å². The lowest BCUT2D eigenvalue weighted by Crippen LogP contribution is -2.30. The molecule has 3 nitrogen and oxygen atoms in total. The van der Waals surface area contributed by atoms with Gasteiger partial charge in [-0.15, -0.1) is 0 Å². The van der Waals surface area contributed by atoms with Crippen molar-refractivity contribution in [3.05, 3.63) is 58.4 Å². The second kappa shape index (κ2) is 6.61. The summed E-state index contributed by atoms with van der Waals surface area (Å²) in [6, 6.07) is 9.99. The van der Waals surface area contributed by atoms with Crippen LogP contribution in [-0.4, -0.2) is 11.9 Å². The molecule has 1 fully saturated rings. The van der Waals surface area contributed by atoms with Gasteiger partial charge < -0.3 is 10.2 Å². The molecule has 1 aliphatic heterocycles. The van der Waals surface area contributed by atoms with Gasteiger partial charge in [0, 0.05) is 36.3 Å². The van der Waals surface area contributed by atoms with E-state index < -0.39 is 0 Å². The van der Waals surface area contributed by atoms with Crippen molar-refractivity contribution in [3.8, 4) is 0 Å². The Morgan fingerprint density at radius 3 is 2.50 bits per heavy atom. The van der Waals surface area contributed by atoms with Crippen LogP contribution in [0.15, 0.2) is 30.3 Å². The van der Waals surface area contributed by atoms with E-state index >= 15 is 0 Å². The van der Waals surface area contributed by atoms with E-state index in [1.54, 1.807) is 12.1 Å². The van der Waals surface area contributed by atoms with Crippen molar-refractivity contribution in [1.82, 2.24) is 0 Å². The largest absolute Gasteiger partial charge is 0.364 e. The number of aryl methyl sites for hydroxylation is 2. The van der Waals surface area contributed by atoms with E-state index in [1.165, 1.54) is 16.8 Å². The molecule has 2 atom stereocenters. The van der Waals surface area contributed by atoms with Gasteiger partial charge in [-0.3, -0.25) is 4.79 Å². The number of nitrogens with one attached hydrogen (secondary N) is 1. The van der Waals surface area contributed by atoms with Gasteiger partial charge in [0.1, 0.15) is 5.82 Å². The van der Waals surface area contributed by atoms with Gasteiger partial charge in [-0.25, -0.2) is 4.39 Å². The molecule has 0 aromatic heterocycles. The molecule has 4 heteroatoms. The second-order valence-corrected chi connectivity index (χ2v) is 9.62. The second-order valence-electron chi connectivity index (χ2n) is 9.62. The fourth-order valence-corrected chi connectivity index (χ4v) is 4.47. The van der Waals surface area contributed by atoms with E-state index in [0.29, 0.717) is 18.4 Å². The summed E-state index contributed by atoms with van der Waals surface area (Å²) in [6.45, 7) is 11.1. The van der Waals surface area contributed by atoms with Crippen LogP contribution in [0.25, 0.3) is 0 Å². The molecule has 0 bridgehead atoms. The first kappa shape index (κ1) is 19.0. The number of rotatable bonds is 3. The van der Waals surface area contributed by atoms with Gasteiger partial charge in [-0.2, -0.15) is 0 Å². The van der Waals surface area contributed by atoms with E-state index in [1.807, 2.05) is 6.07 Å². The minimum absolute atomic E-state index is 0.0342. The first-order chi connectivity index (χ1) is 13.1. The van der Waals surface area contributed by atoms with Gasteiger partial charge in [0.15, 0.2) is 0 Å². The molecule has 1 saturated carbocycles. The summed E-state index contributed by atoms with van der Waals surface area (Å²) in [4.78, 5) is 14.8. The van der Waals surface area contributed by atoms with Crippen LogP contribution >= 0.6 is 0 Å². The maximum Gasteiger partial charge on any atom is 0.224 e. The van der Waals surface area contributed by atoms with Crippen molar-refractivity contribution in [2.45, 2.75) is 66.0 Å². The Labute approximate surface area is 166 Å². The highest BCUT2D eigenvalue weighted by Gasteiger charge is 2.47. The Kier molecular flexibility index (Phi) is 4.48. The molecule has 0 spiro atoms. The maximum absolute atomic E-state index is 13.6. The smallest absolute Gasteiger partial charge is 0.224 e. The van der Waals surface area contributed by atoms with Crippen LogP contribution in [-0.2, 0) is 11.3 Å². The molecule has 4 rings (SSSR count). The number of carbonyl (C=O) groups is 1. The molecule has 0 saturated heterocycles. The number of halogens is 1. The van der Waals surface area contributed by atoms with Crippen LogP contribution in [0, 0.1) is 25.1 Å². The average Bonchev–Trinajstić information content (AvgIpc) is 3.36. The van der Waals surface area contributed by atoms with Crippen molar-refractivity contribution >= 4 is 17.3 Å². The van der Waals surface area contributed by atoms with Crippen LogP contribution in [0.4, 0.5) is 15.8 Å². The average molecular weight is 381 g/mol. The van der Waals surface area contributed by atoms with Crippen LogP contribution in [0.1, 0.15) is 61.8 Å². The summed E-state index contributed by atoms with van der Waals surface area (Å²) in [5.41, 5.74) is 6.64. The molecule has 2 aromatic carbocycles. The lowest BCUT2D eigenvalue weighted by atomic mass is 9.92. The predicted octanol–water partition coefficient (Wildman–Crippen LogP) is 5.69. The standard InChI is InChI=1S/C24H29FN2O/c1-14-8-18(9-15(2)23(14)26-22(28)12-24(3,4)5)27-13-16-6-7-17(25)10-19(16)20-11-21(20)27/h6-10,20-21H,11-13H2,1-5H3,(H,26,28). The molecule has 148 valence electrons. The molecule has 2 aromatic rings. The van der Waals surface area contributed by atoms with Gasteiger partial charge in [-0.1, -0.05) is 26.8 Å². The van der Waals surface area contributed by atoms with Gasteiger partial charge in [-0.05, 0) is 72.2 Å². The Bertz CT molecular complexity index is 921. The highest BCUT2D eigenvalue weighted by Crippen LogP contribution is 2.52. The summed E-state index contributed by atoms with van der Waals surface area (Å²) < 4.78 is 13.6. The zero-order valence-corrected chi connectivity index (χ0v) is 17.4.